The topological polar surface area (TPSA) is 63.8 Å². The van der Waals surface area contributed by atoms with Crippen LogP contribution in [-0.2, 0) is 0 Å². The standard InChI is InChI=1S/C18H24N2O3/c1-3-23-15-7-6-10-20-16(13(2)19-17(15)20)14(22)11-18(12-21)8-4-5-9-18/h6-7,10,21H,3-5,8-9,11-12H2,1-2H3. The Morgan fingerprint density at radius 1 is 1.43 bits per heavy atom. The number of rotatable bonds is 6. The molecule has 3 rings (SSSR count). The molecule has 0 radical (unpaired) electrons. The molecular formula is C18H24N2O3. The van der Waals surface area contributed by atoms with Crippen molar-refractivity contribution in [3.05, 3.63) is 29.7 Å². The molecule has 0 amide bonds. The Morgan fingerprint density at radius 3 is 2.83 bits per heavy atom. The van der Waals surface area contributed by atoms with Crippen molar-refractivity contribution in [2.75, 3.05) is 13.2 Å². The molecule has 0 unspecified atom stereocenters. The van der Waals surface area contributed by atoms with Gasteiger partial charge in [0.1, 0.15) is 5.69 Å². The number of fused-ring (bicyclic) bond motifs is 1. The molecule has 5 heteroatoms. The summed E-state index contributed by atoms with van der Waals surface area (Å²) in [4.78, 5) is 17.4. The van der Waals surface area contributed by atoms with Crippen LogP contribution in [0.25, 0.3) is 5.65 Å². The van der Waals surface area contributed by atoms with Crippen LogP contribution in [0.3, 0.4) is 0 Å². The third kappa shape index (κ3) is 2.85. The van der Waals surface area contributed by atoms with Gasteiger partial charge in [-0.25, -0.2) is 4.98 Å². The van der Waals surface area contributed by atoms with E-state index < -0.39 is 0 Å². The molecular weight excluding hydrogens is 292 g/mol. The molecule has 0 saturated heterocycles. The summed E-state index contributed by atoms with van der Waals surface area (Å²) in [6, 6.07) is 3.74. The van der Waals surface area contributed by atoms with E-state index in [1.54, 1.807) is 0 Å². The highest BCUT2D eigenvalue weighted by Crippen LogP contribution is 2.41. The lowest BCUT2D eigenvalue weighted by atomic mass is 9.81. The molecule has 0 atom stereocenters. The number of aliphatic hydroxyl groups is 1. The predicted molar refractivity (Wildman–Crippen MR) is 88.0 cm³/mol. The Bertz CT molecular complexity index is 714. The van der Waals surface area contributed by atoms with E-state index in [-0.39, 0.29) is 17.8 Å². The monoisotopic (exact) mass is 316 g/mol. The molecule has 2 aromatic heterocycles. The normalized spacial score (nSPS) is 16.8. The average molecular weight is 316 g/mol. The van der Waals surface area contributed by atoms with E-state index in [1.807, 2.05) is 36.6 Å². The number of aliphatic hydroxyl groups excluding tert-OH is 1. The number of ether oxygens (including phenoxy) is 1. The van der Waals surface area contributed by atoms with E-state index in [0.717, 1.165) is 25.7 Å². The third-order valence-electron chi connectivity index (χ3n) is 4.89. The number of aromatic nitrogens is 2. The fourth-order valence-electron chi connectivity index (χ4n) is 3.70. The second-order valence-electron chi connectivity index (χ2n) is 6.51. The van der Waals surface area contributed by atoms with E-state index in [4.69, 9.17) is 4.74 Å². The number of hydrogen-bond donors (Lipinski definition) is 1. The molecule has 1 aliphatic carbocycles. The number of aryl methyl sites for hydroxylation is 1. The molecule has 1 N–H and O–H groups in total. The van der Waals surface area contributed by atoms with Gasteiger partial charge < -0.3 is 9.84 Å². The van der Waals surface area contributed by atoms with E-state index in [2.05, 4.69) is 4.98 Å². The van der Waals surface area contributed by atoms with Gasteiger partial charge in [-0.2, -0.15) is 0 Å². The number of imidazole rings is 1. The minimum atomic E-state index is -0.245. The van der Waals surface area contributed by atoms with E-state index in [1.165, 1.54) is 0 Å². The summed E-state index contributed by atoms with van der Waals surface area (Å²) in [7, 11) is 0. The number of ketones is 1. The number of nitrogens with zero attached hydrogens (tertiary/aromatic N) is 2. The quantitative estimate of drug-likeness (QED) is 0.831. The minimum absolute atomic E-state index is 0.0552. The predicted octanol–water partition coefficient (Wildman–Crippen LogP) is 3.17. The highest BCUT2D eigenvalue weighted by Gasteiger charge is 2.36. The van der Waals surface area contributed by atoms with Crippen molar-refractivity contribution in [1.82, 2.24) is 9.38 Å². The molecule has 0 spiro atoms. The number of carbonyl (C=O) groups excluding carboxylic acids is 1. The molecule has 23 heavy (non-hydrogen) atoms. The van der Waals surface area contributed by atoms with Gasteiger partial charge in [-0.15, -0.1) is 0 Å². The van der Waals surface area contributed by atoms with Crippen LogP contribution in [0.15, 0.2) is 18.3 Å². The SMILES string of the molecule is CCOc1cccn2c(C(=O)CC3(CO)CCCC3)c(C)nc12. The lowest BCUT2D eigenvalue weighted by molar-refractivity contribution is 0.0787. The van der Waals surface area contributed by atoms with Crippen LogP contribution < -0.4 is 4.74 Å². The van der Waals surface area contributed by atoms with Gasteiger partial charge in [0.05, 0.1) is 12.3 Å². The Balaban J connectivity index is 1.97. The summed E-state index contributed by atoms with van der Waals surface area (Å²) < 4.78 is 7.43. The summed E-state index contributed by atoms with van der Waals surface area (Å²) in [6.07, 6.45) is 6.27. The molecule has 124 valence electrons. The van der Waals surface area contributed by atoms with E-state index >= 15 is 0 Å². The van der Waals surface area contributed by atoms with Gasteiger partial charge in [0.25, 0.3) is 0 Å². The first-order valence-electron chi connectivity index (χ1n) is 8.35. The minimum Gasteiger partial charge on any atom is -0.490 e. The van der Waals surface area contributed by atoms with Crippen molar-refractivity contribution in [1.29, 1.82) is 0 Å². The number of pyridine rings is 1. The Kier molecular flexibility index (Phi) is 4.39. The van der Waals surface area contributed by atoms with Crippen molar-refractivity contribution in [2.45, 2.75) is 46.0 Å². The molecule has 5 nitrogen and oxygen atoms in total. The lowest BCUT2D eigenvalue weighted by Crippen LogP contribution is -2.26. The summed E-state index contributed by atoms with van der Waals surface area (Å²) in [5.74, 6) is 0.745. The zero-order valence-corrected chi connectivity index (χ0v) is 13.8. The van der Waals surface area contributed by atoms with E-state index in [9.17, 15) is 9.90 Å². The van der Waals surface area contributed by atoms with Gasteiger partial charge in [0.15, 0.2) is 17.2 Å². The first kappa shape index (κ1) is 16.0. The van der Waals surface area contributed by atoms with Crippen molar-refractivity contribution >= 4 is 11.4 Å². The molecule has 0 aliphatic heterocycles. The van der Waals surface area contributed by atoms with Gasteiger partial charge in [0.2, 0.25) is 0 Å². The van der Waals surface area contributed by atoms with Crippen LogP contribution in [-0.4, -0.2) is 33.5 Å². The highest BCUT2D eigenvalue weighted by atomic mass is 16.5. The van der Waals surface area contributed by atoms with Crippen molar-refractivity contribution in [2.24, 2.45) is 5.41 Å². The van der Waals surface area contributed by atoms with Crippen LogP contribution in [0.4, 0.5) is 0 Å². The molecule has 0 bridgehead atoms. The molecule has 0 aromatic carbocycles. The highest BCUT2D eigenvalue weighted by molar-refractivity contribution is 5.97. The molecule has 1 saturated carbocycles. The Hall–Kier alpha value is -1.88. The summed E-state index contributed by atoms with van der Waals surface area (Å²) >= 11 is 0. The first-order chi connectivity index (χ1) is 11.1. The Labute approximate surface area is 136 Å². The van der Waals surface area contributed by atoms with Crippen LogP contribution in [0.5, 0.6) is 5.75 Å². The average Bonchev–Trinajstić information content (AvgIpc) is 3.12. The van der Waals surface area contributed by atoms with Crippen LogP contribution in [0.2, 0.25) is 0 Å². The second kappa shape index (κ2) is 6.32. The van der Waals surface area contributed by atoms with Crippen LogP contribution >= 0.6 is 0 Å². The fraction of sp³-hybridized carbons (Fsp3) is 0.556. The summed E-state index contributed by atoms with van der Waals surface area (Å²) in [5.41, 5.74) is 1.76. The van der Waals surface area contributed by atoms with Gasteiger partial charge in [-0.05, 0) is 38.8 Å². The van der Waals surface area contributed by atoms with Gasteiger partial charge in [-0.1, -0.05) is 12.8 Å². The van der Waals surface area contributed by atoms with Crippen molar-refractivity contribution in [3.63, 3.8) is 0 Å². The van der Waals surface area contributed by atoms with Crippen molar-refractivity contribution < 1.29 is 14.6 Å². The molecule has 2 aromatic rings. The lowest BCUT2D eigenvalue weighted by Gasteiger charge is -2.25. The zero-order chi connectivity index (χ0) is 16.4. The Morgan fingerprint density at radius 2 is 2.17 bits per heavy atom. The second-order valence-corrected chi connectivity index (χ2v) is 6.51. The largest absolute Gasteiger partial charge is 0.490 e. The smallest absolute Gasteiger partial charge is 0.182 e. The summed E-state index contributed by atoms with van der Waals surface area (Å²) in [5, 5.41) is 9.76. The number of Topliss-reactive ketones (excluding diaryl/α,β-unsaturated/α-hetero) is 1. The van der Waals surface area contributed by atoms with E-state index in [0.29, 0.717) is 35.8 Å². The third-order valence-corrected chi connectivity index (χ3v) is 4.89. The van der Waals surface area contributed by atoms with Gasteiger partial charge in [-0.3, -0.25) is 9.20 Å². The maximum absolute atomic E-state index is 12.9. The maximum atomic E-state index is 12.9. The zero-order valence-electron chi connectivity index (χ0n) is 13.8. The van der Waals surface area contributed by atoms with Crippen molar-refractivity contribution in [3.8, 4) is 5.75 Å². The molecule has 1 fully saturated rings. The van der Waals surface area contributed by atoms with Gasteiger partial charge in [0, 0.05) is 24.6 Å². The van der Waals surface area contributed by atoms with Crippen LogP contribution in [0, 0.1) is 12.3 Å². The van der Waals surface area contributed by atoms with Crippen LogP contribution in [0.1, 0.15) is 55.2 Å². The fourth-order valence-corrected chi connectivity index (χ4v) is 3.70. The van der Waals surface area contributed by atoms with Gasteiger partial charge >= 0.3 is 0 Å². The number of carbonyl (C=O) groups is 1. The molecule has 2 heterocycles. The first-order valence-corrected chi connectivity index (χ1v) is 8.35. The number of hydrogen-bond acceptors (Lipinski definition) is 4. The summed E-state index contributed by atoms with van der Waals surface area (Å²) in [6.45, 7) is 4.42. The molecule has 1 aliphatic rings. The maximum Gasteiger partial charge on any atom is 0.182 e.